The molecule has 0 saturated heterocycles. The van der Waals surface area contributed by atoms with E-state index >= 15 is 0 Å². The van der Waals surface area contributed by atoms with Crippen LogP contribution in [-0.2, 0) is 0 Å². The predicted molar refractivity (Wildman–Crippen MR) is 110 cm³/mol. The smallest absolute Gasteiger partial charge is 0.257 e. The molecule has 3 N–H and O–H groups in total. The number of aromatic nitrogens is 3. The molecule has 2 heterocycles. The van der Waals surface area contributed by atoms with Gasteiger partial charge in [-0.3, -0.25) is 4.79 Å². The number of nitrogens with zero attached hydrogens (tertiary/aromatic N) is 3. The molecule has 0 saturated carbocycles. The zero-order valence-corrected chi connectivity index (χ0v) is 16.5. The van der Waals surface area contributed by atoms with E-state index < -0.39 is 5.82 Å². The maximum absolute atomic E-state index is 13.3. The Labute approximate surface area is 167 Å². The molecule has 3 rings (SSSR count). The number of carbonyl (C=O) groups is 1. The van der Waals surface area contributed by atoms with Crippen molar-refractivity contribution >= 4 is 40.3 Å². The van der Waals surface area contributed by atoms with Crippen molar-refractivity contribution in [2.24, 2.45) is 0 Å². The third kappa shape index (κ3) is 4.58. The minimum Gasteiger partial charge on any atom is -0.354 e. The van der Waals surface area contributed by atoms with E-state index in [4.69, 9.17) is 11.6 Å². The molecule has 7 nitrogen and oxygen atoms in total. The molecule has 0 aliphatic rings. The first-order valence-corrected chi connectivity index (χ1v) is 9.47. The van der Waals surface area contributed by atoms with Gasteiger partial charge < -0.3 is 20.5 Å². The predicted octanol–water partition coefficient (Wildman–Crippen LogP) is 3.76. The molecule has 9 heteroatoms. The quantitative estimate of drug-likeness (QED) is 0.532. The molecule has 0 aliphatic carbocycles. The number of pyridine rings is 1. The molecular weight excluding hydrogens is 383 g/mol. The van der Waals surface area contributed by atoms with Gasteiger partial charge in [-0.1, -0.05) is 25.4 Å². The molecule has 28 heavy (non-hydrogen) atoms. The number of rotatable bonds is 8. The number of anilines is 2. The second kappa shape index (κ2) is 8.99. The Balaban J connectivity index is 1.75. The lowest BCUT2D eigenvalue weighted by atomic mass is 10.2. The average molecular weight is 405 g/mol. The van der Waals surface area contributed by atoms with Crippen LogP contribution in [0.3, 0.4) is 0 Å². The first-order valence-electron chi connectivity index (χ1n) is 9.09. The van der Waals surface area contributed by atoms with Crippen molar-refractivity contribution in [1.29, 1.82) is 0 Å². The molecule has 148 valence electrons. The Hall–Kier alpha value is -2.71. The Morgan fingerprint density at radius 1 is 1.29 bits per heavy atom. The van der Waals surface area contributed by atoms with E-state index in [9.17, 15) is 9.18 Å². The van der Waals surface area contributed by atoms with Crippen LogP contribution in [0, 0.1) is 5.82 Å². The highest BCUT2D eigenvalue weighted by molar-refractivity contribution is 6.31. The number of halogens is 2. The molecule has 3 aromatic rings. The SMILES string of the molecule is CCN(CC)CCNc1nc2nccc(C(=O)Nc3ccc(F)c(Cl)c3)c2[nH]1. The Kier molecular flexibility index (Phi) is 6.43. The number of carbonyl (C=O) groups excluding carboxylic acids is 1. The van der Waals surface area contributed by atoms with Crippen LogP contribution in [0.15, 0.2) is 30.5 Å². The molecule has 1 amide bonds. The van der Waals surface area contributed by atoms with Gasteiger partial charge in [-0.2, -0.15) is 4.98 Å². The summed E-state index contributed by atoms with van der Waals surface area (Å²) in [5.41, 5.74) is 1.75. The van der Waals surface area contributed by atoms with Crippen molar-refractivity contribution in [2.75, 3.05) is 36.8 Å². The van der Waals surface area contributed by atoms with Gasteiger partial charge in [-0.15, -0.1) is 0 Å². The lowest BCUT2D eigenvalue weighted by Gasteiger charge is -2.17. The van der Waals surface area contributed by atoms with Crippen molar-refractivity contribution in [2.45, 2.75) is 13.8 Å². The molecule has 0 atom stereocenters. The topological polar surface area (TPSA) is 85.9 Å². The van der Waals surface area contributed by atoms with Crippen LogP contribution in [0.4, 0.5) is 16.0 Å². The fraction of sp³-hybridized carbons (Fsp3) is 0.316. The summed E-state index contributed by atoms with van der Waals surface area (Å²) in [5, 5.41) is 5.88. The van der Waals surface area contributed by atoms with E-state index in [1.165, 1.54) is 24.4 Å². The van der Waals surface area contributed by atoms with E-state index in [1.54, 1.807) is 6.07 Å². The Bertz CT molecular complexity index is 972. The summed E-state index contributed by atoms with van der Waals surface area (Å²) >= 11 is 5.77. The number of nitrogens with one attached hydrogen (secondary N) is 3. The fourth-order valence-electron chi connectivity index (χ4n) is 2.83. The van der Waals surface area contributed by atoms with Crippen LogP contribution >= 0.6 is 11.6 Å². The third-order valence-corrected chi connectivity index (χ3v) is 4.72. The van der Waals surface area contributed by atoms with Crippen molar-refractivity contribution in [3.63, 3.8) is 0 Å². The highest BCUT2D eigenvalue weighted by Crippen LogP contribution is 2.22. The number of imidazole rings is 1. The molecule has 1 aromatic carbocycles. The van der Waals surface area contributed by atoms with Crippen molar-refractivity contribution < 1.29 is 9.18 Å². The van der Waals surface area contributed by atoms with E-state index in [0.717, 1.165) is 26.2 Å². The number of H-pyrrole nitrogens is 1. The molecule has 0 unspecified atom stereocenters. The molecule has 2 aromatic heterocycles. The van der Waals surface area contributed by atoms with Gasteiger partial charge in [0.25, 0.3) is 5.91 Å². The van der Waals surface area contributed by atoms with Crippen LogP contribution in [0.5, 0.6) is 0 Å². The normalized spacial score (nSPS) is 11.2. The lowest BCUT2D eigenvalue weighted by Crippen LogP contribution is -2.28. The number of benzene rings is 1. The van der Waals surface area contributed by atoms with Crippen LogP contribution in [0.1, 0.15) is 24.2 Å². The van der Waals surface area contributed by atoms with Crippen molar-refractivity contribution in [1.82, 2.24) is 19.9 Å². The standard InChI is InChI=1S/C19H22ClFN6O/c1-3-27(4-2)10-9-23-19-25-16-13(7-8-22-17(16)26-19)18(28)24-12-5-6-15(21)14(20)11-12/h5-8,11H,3-4,9-10H2,1-2H3,(H,24,28)(H2,22,23,25,26). The highest BCUT2D eigenvalue weighted by atomic mass is 35.5. The maximum Gasteiger partial charge on any atom is 0.257 e. The molecular formula is C19H22ClFN6O. The summed E-state index contributed by atoms with van der Waals surface area (Å²) in [6.45, 7) is 7.81. The summed E-state index contributed by atoms with van der Waals surface area (Å²) in [6.07, 6.45) is 1.52. The zero-order valence-electron chi connectivity index (χ0n) is 15.7. The Morgan fingerprint density at radius 2 is 2.07 bits per heavy atom. The number of fused-ring (bicyclic) bond motifs is 1. The van der Waals surface area contributed by atoms with Gasteiger partial charge in [0, 0.05) is 25.0 Å². The van der Waals surface area contributed by atoms with Crippen LogP contribution in [-0.4, -0.2) is 51.9 Å². The maximum atomic E-state index is 13.3. The summed E-state index contributed by atoms with van der Waals surface area (Å²) in [7, 11) is 0. The minimum atomic E-state index is -0.542. The lowest BCUT2D eigenvalue weighted by molar-refractivity contribution is 0.102. The van der Waals surface area contributed by atoms with Gasteiger partial charge in [0.2, 0.25) is 5.95 Å². The zero-order chi connectivity index (χ0) is 20.1. The molecule has 0 bridgehead atoms. The molecule has 0 aliphatic heterocycles. The van der Waals surface area contributed by atoms with E-state index in [2.05, 4.69) is 44.3 Å². The van der Waals surface area contributed by atoms with Crippen LogP contribution in [0.2, 0.25) is 5.02 Å². The first kappa shape index (κ1) is 20.0. The summed E-state index contributed by atoms with van der Waals surface area (Å²) in [4.78, 5) is 26.7. The van der Waals surface area contributed by atoms with Crippen molar-refractivity contribution in [3.8, 4) is 0 Å². The second-order valence-electron chi connectivity index (χ2n) is 6.18. The number of likely N-dealkylation sites (N-methyl/N-ethyl adjacent to an activating group) is 1. The second-order valence-corrected chi connectivity index (χ2v) is 6.59. The van der Waals surface area contributed by atoms with Gasteiger partial charge in [0.1, 0.15) is 5.82 Å². The number of hydrogen-bond acceptors (Lipinski definition) is 5. The van der Waals surface area contributed by atoms with Gasteiger partial charge in [0.15, 0.2) is 5.65 Å². The summed E-state index contributed by atoms with van der Waals surface area (Å²) in [5.74, 6) is -0.354. The van der Waals surface area contributed by atoms with E-state index in [-0.39, 0.29) is 10.9 Å². The number of amides is 1. The molecule has 0 fully saturated rings. The summed E-state index contributed by atoms with van der Waals surface area (Å²) < 4.78 is 13.3. The van der Waals surface area contributed by atoms with Gasteiger partial charge in [-0.05, 0) is 37.4 Å². The largest absolute Gasteiger partial charge is 0.354 e. The summed E-state index contributed by atoms with van der Waals surface area (Å²) in [6, 6.07) is 5.61. The van der Waals surface area contributed by atoms with Crippen LogP contribution < -0.4 is 10.6 Å². The fourth-order valence-corrected chi connectivity index (χ4v) is 3.01. The molecule has 0 radical (unpaired) electrons. The third-order valence-electron chi connectivity index (χ3n) is 4.43. The first-order chi connectivity index (χ1) is 13.5. The minimum absolute atomic E-state index is 0.0566. The van der Waals surface area contributed by atoms with Gasteiger partial charge in [-0.25, -0.2) is 9.37 Å². The van der Waals surface area contributed by atoms with Crippen molar-refractivity contribution in [3.05, 3.63) is 46.9 Å². The number of aromatic amines is 1. The molecule has 0 spiro atoms. The Morgan fingerprint density at radius 3 is 2.79 bits per heavy atom. The highest BCUT2D eigenvalue weighted by Gasteiger charge is 2.15. The van der Waals surface area contributed by atoms with E-state index in [1.807, 2.05) is 0 Å². The van der Waals surface area contributed by atoms with Crippen LogP contribution in [0.25, 0.3) is 11.2 Å². The number of hydrogen-bond donors (Lipinski definition) is 3. The van der Waals surface area contributed by atoms with Gasteiger partial charge >= 0.3 is 0 Å². The van der Waals surface area contributed by atoms with Gasteiger partial charge in [0.05, 0.1) is 16.1 Å². The monoisotopic (exact) mass is 404 g/mol. The average Bonchev–Trinajstić information content (AvgIpc) is 3.11. The van der Waals surface area contributed by atoms with E-state index in [0.29, 0.717) is 28.4 Å².